The van der Waals surface area contributed by atoms with Gasteiger partial charge in [0.1, 0.15) is 17.1 Å². The number of hydrogen-bond donors (Lipinski definition) is 0. The molecule has 2 heterocycles. The van der Waals surface area contributed by atoms with Crippen LogP contribution in [-0.4, -0.2) is 21.6 Å². The summed E-state index contributed by atoms with van der Waals surface area (Å²) in [5, 5.41) is 0.761. The monoisotopic (exact) mass is 419 g/mol. The first kappa shape index (κ1) is 19.1. The van der Waals surface area contributed by atoms with Crippen molar-refractivity contribution in [3.8, 4) is 22.6 Å². The van der Waals surface area contributed by atoms with E-state index in [0.29, 0.717) is 16.6 Å². The zero-order chi connectivity index (χ0) is 21.7. The molecule has 0 N–H and O–H groups in total. The molecular weight excluding hydrogens is 403 g/mol. The van der Waals surface area contributed by atoms with Gasteiger partial charge in [-0.2, -0.15) is 0 Å². The van der Waals surface area contributed by atoms with Crippen LogP contribution in [0.25, 0.3) is 38.8 Å². The lowest BCUT2D eigenvalue weighted by atomic mass is 10.0. The van der Waals surface area contributed by atoms with Crippen molar-refractivity contribution < 1.29 is 17.9 Å². The number of methoxy groups -OCH3 is 1. The molecule has 0 spiro atoms. The van der Waals surface area contributed by atoms with Crippen LogP contribution in [0.3, 0.4) is 0 Å². The van der Waals surface area contributed by atoms with E-state index in [2.05, 4.69) is 9.97 Å². The van der Waals surface area contributed by atoms with Gasteiger partial charge in [-0.25, -0.2) is 18.2 Å². The molecule has 0 bridgehead atoms. The molecule has 31 heavy (non-hydrogen) atoms. The summed E-state index contributed by atoms with van der Waals surface area (Å²) in [6.07, 6.45) is 1.70. The van der Waals surface area contributed by atoms with Gasteiger partial charge in [0.15, 0.2) is 17.5 Å². The number of benzene rings is 3. The second kappa shape index (κ2) is 7.12. The van der Waals surface area contributed by atoms with Crippen molar-refractivity contribution in [3.63, 3.8) is 0 Å². The Bertz CT molecular complexity index is 1440. The molecule has 0 aliphatic rings. The van der Waals surface area contributed by atoms with E-state index < -0.39 is 17.5 Å². The Kier molecular flexibility index (Phi) is 4.39. The maximum absolute atomic E-state index is 13.8. The predicted octanol–water partition coefficient (Wildman–Crippen LogP) is 5.98. The quantitative estimate of drug-likeness (QED) is 0.338. The maximum Gasteiger partial charge on any atom is 0.194 e. The Morgan fingerprint density at radius 1 is 0.839 bits per heavy atom. The van der Waals surface area contributed by atoms with Crippen LogP contribution in [-0.2, 0) is 0 Å². The van der Waals surface area contributed by atoms with Crippen LogP contribution in [0, 0.1) is 24.4 Å². The molecule has 0 unspecified atom stereocenters. The summed E-state index contributed by atoms with van der Waals surface area (Å²) in [7, 11) is 1.61. The molecule has 0 saturated heterocycles. The van der Waals surface area contributed by atoms with Crippen LogP contribution in [0.2, 0.25) is 0 Å². The SMILES string of the molecule is COc1ccc(-n2c(C)nc3cnc4ccc(-c5cc(F)c(F)c(F)c5)cc4c32)cc1. The fraction of sp³-hybridized carbons (Fsp3) is 0.0833. The summed E-state index contributed by atoms with van der Waals surface area (Å²) in [4.78, 5) is 9.09. The Hall–Kier alpha value is -3.87. The van der Waals surface area contributed by atoms with Crippen molar-refractivity contribution in [2.45, 2.75) is 6.92 Å². The zero-order valence-electron chi connectivity index (χ0n) is 16.7. The van der Waals surface area contributed by atoms with Gasteiger partial charge in [0, 0.05) is 11.1 Å². The van der Waals surface area contributed by atoms with Crippen LogP contribution in [0.4, 0.5) is 13.2 Å². The second-order valence-electron chi connectivity index (χ2n) is 7.17. The lowest BCUT2D eigenvalue weighted by Gasteiger charge is -2.11. The van der Waals surface area contributed by atoms with E-state index >= 15 is 0 Å². The minimum atomic E-state index is -1.48. The van der Waals surface area contributed by atoms with Gasteiger partial charge < -0.3 is 4.74 Å². The molecule has 0 fully saturated rings. The van der Waals surface area contributed by atoms with Crippen molar-refractivity contribution in [2.24, 2.45) is 0 Å². The third-order valence-corrected chi connectivity index (χ3v) is 5.30. The zero-order valence-corrected chi connectivity index (χ0v) is 16.7. The number of halogens is 3. The van der Waals surface area contributed by atoms with Crippen LogP contribution >= 0.6 is 0 Å². The van der Waals surface area contributed by atoms with E-state index in [1.165, 1.54) is 0 Å². The Morgan fingerprint density at radius 2 is 1.55 bits per heavy atom. The van der Waals surface area contributed by atoms with Crippen molar-refractivity contribution in [2.75, 3.05) is 7.11 Å². The normalized spacial score (nSPS) is 11.4. The molecular formula is C24H16F3N3O. The van der Waals surface area contributed by atoms with Gasteiger partial charge in [-0.3, -0.25) is 9.55 Å². The van der Waals surface area contributed by atoms with Gasteiger partial charge in [-0.05, 0) is 66.6 Å². The lowest BCUT2D eigenvalue weighted by Crippen LogP contribution is -1.98. The number of hydrogen-bond acceptors (Lipinski definition) is 3. The Morgan fingerprint density at radius 3 is 2.23 bits per heavy atom. The van der Waals surface area contributed by atoms with Crippen LogP contribution < -0.4 is 4.74 Å². The minimum Gasteiger partial charge on any atom is -0.497 e. The number of fused-ring (bicyclic) bond motifs is 3. The van der Waals surface area contributed by atoms with Gasteiger partial charge in [0.05, 0.1) is 24.3 Å². The van der Waals surface area contributed by atoms with Gasteiger partial charge in [0.2, 0.25) is 0 Å². The van der Waals surface area contributed by atoms with Gasteiger partial charge in [0.25, 0.3) is 0 Å². The van der Waals surface area contributed by atoms with Crippen molar-refractivity contribution in [1.29, 1.82) is 0 Å². The first-order valence-corrected chi connectivity index (χ1v) is 9.53. The first-order valence-electron chi connectivity index (χ1n) is 9.53. The molecule has 5 rings (SSSR count). The molecule has 7 heteroatoms. The van der Waals surface area contributed by atoms with E-state index in [-0.39, 0.29) is 5.56 Å². The molecule has 0 radical (unpaired) electrons. The standard InChI is InChI=1S/C24H16F3N3O/c1-13-29-22-12-28-21-8-3-14(15-10-19(25)23(27)20(26)11-15)9-18(21)24(22)30(13)16-4-6-17(31-2)7-5-16/h3-12H,1-2H3. The number of imidazole rings is 1. The highest BCUT2D eigenvalue weighted by Gasteiger charge is 2.16. The van der Waals surface area contributed by atoms with Crippen LogP contribution in [0.5, 0.6) is 5.75 Å². The van der Waals surface area contributed by atoms with E-state index in [1.54, 1.807) is 31.5 Å². The molecule has 5 aromatic rings. The summed E-state index contributed by atoms with van der Waals surface area (Å²) < 4.78 is 48.2. The Balaban J connectivity index is 1.78. The Labute approximate surface area is 175 Å². The summed E-state index contributed by atoms with van der Waals surface area (Å²) in [6, 6.07) is 14.8. The molecule has 154 valence electrons. The highest BCUT2D eigenvalue weighted by Crippen LogP contribution is 2.32. The third kappa shape index (κ3) is 3.09. The fourth-order valence-corrected chi connectivity index (χ4v) is 3.82. The molecule has 0 atom stereocenters. The molecule has 0 aliphatic heterocycles. The highest BCUT2D eigenvalue weighted by molar-refractivity contribution is 6.04. The molecule has 0 aliphatic carbocycles. The minimum absolute atomic E-state index is 0.238. The average Bonchev–Trinajstić information content (AvgIpc) is 3.13. The van der Waals surface area contributed by atoms with Crippen LogP contribution in [0.15, 0.2) is 60.8 Å². The number of nitrogens with zero attached hydrogens (tertiary/aromatic N) is 3. The van der Waals surface area contributed by atoms with Crippen LogP contribution in [0.1, 0.15) is 5.82 Å². The number of ether oxygens (including phenoxy) is 1. The summed E-state index contributed by atoms with van der Waals surface area (Å²) in [5.41, 5.74) is 3.88. The fourth-order valence-electron chi connectivity index (χ4n) is 3.82. The van der Waals surface area contributed by atoms with Crippen molar-refractivity contribution in [1.82, 2.24) is 14.5 Å². The van der Waals surface area contributed by atoms with Crippen molar-refractivity contribution in [3.05, 3.63) is 84.1 Å². The molecule has 4 nitrogen and oxygen atoms in total. The smallest absolute Gasteiger partial charge is 0.194 e. The van der Waals surface area contributed by atoms with Gasteiger partial charge >= 0.3 is 0 Å². The number of aryl methyl sites for hydroxylation is 1. The summed E-state index contributed by atoms with van der Waals surface area (Å²) in [6.45, 7) is 1.89. The molecule has 2 aromatic heterocycles. The lowest BCUT2D eigenvalue weighted by molar-refractivity contribution is 0.415. The second-order valence-corrected chi connectivity index (χ2v) is 7.17. The largest absolute Gasteiger partial charge is 0.497 e. The molecule has 3 aromatic carbocycles. The first-order chi connectivity index (χ1) is 15.0. The third-order valence-electron chi connectivity index (χ3n) is 5.30. The average molecular weight is 419 g/mol. The van der Waals surface area contributed by atoms with Gasteiger partial charge in [-0.15, -0.1) is 0 Å². The molecule has 0 amide bonds. The van der Waals surface area contributed by atoms with E-state index in [9.17, 15) is 13.2 Å². The van der Waals surface area contributed by atoms with Crippen molar-refractivity contribution >= 4 is 21.9 Å². The molecule has 0 saturated carbocycles. The van der Waals surface area contributed by atoms with Gasteiger partial charge in [-0.1, -0.05) is 6.07 Å². The van der Waals surface area contributed by atoms with E-state index in [1.807, 2.05) is 35.8 Å². The van der Waals surface area contributed by atoms with E-state index in [4.69, 9.17) is 4.74 Å². The summed E-state index contributed by atoms with van der Waals surface area (Å²) >= 11 is 0. The topological polar surface area (TPSA) is 39.9 Å². The predicted molar refractivity (Wildman–Crippen MR) is 113 cm³/mol. The summed E-state index contributed by atoms with van der Waals surface area (Å²) in [5.74, 6) is -2.45. The van der Waals surface area contributed by atoms with E-state index in [0.717, 1.165) is 40.3 Å². The maximum atomic E-state index is 13.8. The highest BCUT2D eigenvalue weighted by atomic mass is 19.2. The number of pyridine rings is 1. The number of aromatic nitrogens is 3. The number of rotatable bonds is 3.